The number of carboxylic acid groups (broad SMARTS) is 1. The Kier molecular flexibility index (Phi) is 5.44. The number of quaternary nitrogens is 1. The van der Waals surface area contributed by atoms with Gasteiger partial charge in [0.25, 0.3) is 5.91 Å². The van der Waals surface area contributed by atoms with Crippen LogP contribution in [0, 0.1) is 5.92 Å². The number of amides is 2. The minimum Gasteiger partial charge on any atom is -0.548 e. The molecule has 0 bridgehead atoms. The summed E-state index contributed by atoms with van der Waals surface area (Å²) in [4.78, 5) is 32.6. The van der Waals surface area contributed by atoms with E-state index in [1.54, 1.807) is 13.8 Å². The third-order valence-electron chi connectivity index (χ3n) is 2.04. The van der Waals surface area contributed by atoms with E-state index in [1.165, 1.54) is 0 Å². The molecule has 7 heteroatoms. The standard InChI is InChI=1S/C9H17N3O4/c1-4(2)7(9(15)16)12-8(14)5(10)3-6(11)13/h4-5,7H,3,10H2,1-2H3,(H2,11,13)(H,12,14)(H,15,16)/t5-,7-/m0/s1. The lowest BCUT2D eigenvalue weighted by atomic mass is 10.0. The van der Waals surface area contributed by atoms with Gasteiger partial charge in [-0.25, -0.2) is 0 Å². The number of carbonyl (C=O) groups excluding carboxylic acids is 3. The second-order valence-electron chi connectivity index (χ2n) is 3.92. The number of carbonyl (C=O) groups is 3. The van der Waals surface area contributed by atoms with Gasteiger partial charge in [0.05, 0.1) is 18.4 Å². The van der Waals surface area contributed by atoms with Crippen molar-refractivity contribution >= 4 is 17.8 Å². The van der Waals surface area contributed by atoms with Crippen molar-refractivity contribution in [3.63, 3.8) is 0 Å². The van der Waals surface area contributed by atoms with Crippen LogP contribution >= 0.6 is 0 Å². The SMILES string of the molecule is CC(C)[C@H](NC(=O)[C@@H]([NH3+])CC(N)=O)C(=O)[O-]. The van der Waals surface area contributed by atoms with Crippen molar-refractivity contribution < 1.29 is 25.2 Å². The molecule has 6 N–H and O–H groups in total. The molecule has 0 aliphatic rings. The number of nitrogens with two attached hydrogens (primary N) is 1. The molecule has 0 aromatic heterocycles. The lowest BCUT2D eigenvalue weighted by Gasteiger charge is -2.23. The quantitative estimate of drug-likeness (QED) is 0.433. The van der Waals surface area contributed by atoms with Gasteiger partial charge in [-0.05, 0) is 5.92 Å². The fraction of sp³-hybridized carbons (Fsp3) is 0.667. The molecule has 0 radical (unpaired) electrons. The summed E-state index contributed by atoms with van der Waals surface area (Å²) in [6.07, 6.45) is -0.219. The summed E-state index contributed by atoms with van der Waals surface area (Å²) < 4.78 is 0. The molecule has 0 saturated heterocycles. The molecule has 0 heterocycles. The number of primary amides is 1. The zero-order valence-corrected chi connectivity index (χ0v) is 9.36. The van der Waals surface area contributed by atoms with Crippen molar-refractivity contribution in [2.45, 2.75) is 32.4 Å². The summed E-state index contributed by atoms with van der Waals surface area (Å²) in [5, 5.41) is 12.9. The van der Waals surface area contributed by atoms with Crippen molar-refractivity contribution in [1.29, 1.82) is 0 Å². The Morgan fingerprint density at radius 1 is 1.38 bits per heavy atom. The Bertz CT molecular complexity index is 290. The maximum absolute atomic E-state index is 11.4. The monoisotopic (exact) mass is 231 g/mol. The van der Waals surface area contributed by atoms with Crippen LogP contribution in [-0.2, 0) is 14.4 Å². The van der Waals surface area contributed by atoms with Crippen molar-refractivity contribution in [1.82, 2.24) is 5.32 Å². The topological polar surface area (TPSA) is 140 Å². The highest BCUT2D eigenvalue weighted by atomic mass is 16.4. The van der Waals surface area contributed by atoms with Crippen LogP contribution in [0.4, 0.5) is 0 Å². The first-order valence-electron chi connectivity index (χ1n) is 4.88. The summed E-state index contributed by atoms with van der Waals surface area (Å²) in [5.41, 5.74) is 8.32. The van der Waals surface area contributed by atoms with Gasteiger partial charge in [0.1, 0.15) is 0 Å². The molecule has 0 fully saturated rings. The maximum Gasteiger partial charge on any atom is 0.279 e. The molecule has 92 valence electrons. The molecule has 0 rings (SSSR count). The largest absolute Gasteiger partial charge is 0.548 e. The second kappa shape index (κ2) is 6.06. The zero-order chi connectivity index (χ0) is 12.9. The van der Waals surface area contributed by atoms with Crippen LogP contribution in [0.5, 0.6) is 0 Å². The van der Waals surface area contributed by atoms with E-state index in [-0.39, 0.29) is 12.3 Å². The van der Waals surface area contributed by atoms with E-state index in [4.69, 9.17) is 5.73 Å². The van der Waals surface area contributed by atoms with Crippen LogP contribution in [0.3, 0.4) is 0 Å². The molecule has 0 aliphatic heterocycles. The molecule has 16 heavy (non-hydrogen) atoms. The van der Waals surface area contributed by atoms with E-state index in [9.17, 15) is 19.5 Å². The highest BCUT2D eigenvalue weighted by Gasteiger charge is 2.24. The molecule has 0 aromatic carbocycles. The molecule has 0 spiro atoms. The van der Waals surface area contributed by atoms with E-state index in [1.807, 2.05) is 0 Å². The van der Waals surface area contributed by atoms with Crippen molar-refractivity contribution in [2.24, 2.45) is 11.7 Å². The van der Waals surface area contributed by atoms with Crippen LogP contribution in [0.2, 0.25) is 0 Å². The molecule has 2 amide bonds. The fourth-order valence-corrected chi connectivity index (χ4v) is 1.10. The van der Waals surface area contributed by atoms with E-state index < -0.39 is 29.9 Å². The van der Waals surface area contributed by atoms with Crippen LogP contribution in [-0.4, -0.2) is 29.9 Å². The zero-order valence-electron chi connectivity index (χ0n) is 9.36. The van der Waals surface area contributed by atoms with E-state index >= 15 is 0 Å². The molecule has 7 nitrogen and oxygen atoms in total. The predicted octanol–water partition coefficient (Wildman–Crippen LogP) is -3.64. The summed E-state index contributed by atoms with van der Waals surface area (Å²) in [6, 6.07) is -1.98. The molecule has 0 unspecified atom stereocenters. The molecule has 2 atom stereocenters. The second-order valence-corrected chi connectivity index (χ2v) is 3.92. The van der Waals surface area contributed by atoms with Crippen LogP contribution in [0.15, 0.2) is 0 Å². The highest BCUT2D eigenvalue weighted by molar-refractivity contribution is 5.89. The molecule has 0 aliphatic carbocycles. The predicted molar refractivity (Wildman–Crippen MR) is 52.3 cm³/mol. The van der Waals surface area contributed by atoms with Gasteiger partial charge in [0.2, 0.25) is 5.91 Å². The van der Waals surface area contributed by atoms with Gasteiger partial charge >= 0.3 is 0 Å². The summed E-state index contributed by atoms with van der Waals surface area (Å²) >= 11 is 0. The van der Waals surface area contributed by atoms with Crippen molar-refractivity contribution in [3.8, 4) is 0 Å². The minimum atomic E-state index is -1.37. The van der Waals surface area contributed by atoms with E-state index in [0.717, 1.165) is 0 Å². The Morgan fingerprint density at radius 2 is 1.88 bits per heavy atom. The number of rotatable bonds is 6. The average Bonchev–Trinajstić information content (AvgIpc) is 2.11. The van der Waals surface area contributed by atoms with Gasteiger partial charge in [-0.2, -0.15) is 0 Å². The summed E-state index contributed by atoms with van der Waals surface area (Å²) in [5.74, 6) is -2.96. The Balaban J connectivity index is 4.40. The number of hydrogen-bond donors (Lipinski definition) is 3. The first kappa shape index (κ1) is 14.4. The van der Waals surface area contributed by atoms with E-state index in [0.29, 0.717) is 0 Å². The Morgan fingerprint density at radius 3 is 2.19 bits per heavy atom. The van der Waals surface area contributed by atoms with Crippen molar-refractivity contribution in [3.05, 3.63) is 0 Å². The third-order valence-corrected chi connectivity index (χ3v) is 2.04. The van der Waals surface area contributed by atoms with Gasteiger partial charge in [-0.15, -0.1) is 0 Å². The number of aliphatic carboxylic acids is 1. The minimum absolute atomic E-state index is 0.219. The summed E-state index contributed by atoms with van der Waals surface area (Å²) in [7, 11) is 0. The van der Waals surface area contributed by atoms with Gasteiger partial charge in [-0.1, -0.05) is 13.8 Å². The molecular weight excluding hydrogens is 214 g/mol. The molecular formula is C9H17N3O4. The van der Waals surface area contributed by atoms with E-state index in [2.05, 4.69) is 11.1 Å². The lowest BCUT2D eigenvalue weighted by molar-refractivity contribution is -0.402. The first-order valence-corrected chi connectivity index (χ1v) is 4.88. The molecule has 0 saturated carbocycles. The van der Waals surface area contributed by atoms with Gasteiger partial charge in [-0.3, -0.25) is 9.59 Å². The van der Waals surface area contributed by atoms with Crippen molar-refractivity contribution in [2.75, 3.05) is 0 Å². The first-order chi connectivity index (χ1) is 7.25. The smallest absolute Gasteiger partial charge is 0.279 e. The van der Waals surface area contributed by atoms with Crippen LogP contribution < -0.4 is 21.9 Å². The number of hydrogen-bond acceptors (Lipinski definition) is 4. The Hall–Kier alpha value is -1.63. The highest BCUT2D eigenvalue weighted by Crippen LogP contribution is 2.00. The number of nitrogens with one attached hydrogen (secondary N) is 1. The van der Waals surface area contributed by atoms with Gasteiger partial charge in [0, 0.05) is 0 Å². The van der Waals surface area contributed by atoms with Gasteiger partial charge in [0.15, 0.2) is 6.04 Å². The summed E-state index contributed by atoms with van der Waals surface area (Å²) in [6.45, 7) is 3.26. The number of carboxylic acids is 1. The third kappa shape index (κ3) is 4.74. The molecule has 0 aromatic rings. The van der Waals surface area contributed by atoms with Gasteiger partial charge < -0.3 is 26.7 Å². The Labute approximate surface area is 93.2 Å². The maximum atomic E-state index is 11.4. The normalized spacial score (nSPS) is 14.2. The lowest BCUT2D eigenvalue weighted by Crippen LogP contribution is -2.70. The van der Waals surface area contributed by atoms with Crippen LogP contribution in [0.25, 0.3) is 0 Å². The van der Waals surface area contributed by atoms with Crippen LogP contribution in [0.1, 0.15) is 20.3 Å². The average molecular weight is 231 g/mol. The fourth-order valence-electron chi connectivity index (χ4n) is 1.10.